The van der Waals surface area contributed by atoms with E-state index >= 15 is 0 Å². The minimum atomic E-state index is -0.176. The molecule has 2 heteroatoms. The van der Waals surface area contributed by atoms with Crippen LogP contribution in [-0.2, 0) is 9.53 Å². The summed E-state index contributed by atoms with van der Waals surface area (Å²) in [5.74, 6) is 0.189. The van der Waals surface area contributed by atoms with Crippen molar-refractivity contribution in [1.82, 2.24) is 0 Å². The monoisotopic (exact) mass is 168 g/mol. The molecule has 0 radical (unpaired) electrons. The summed E-state index contributed by atoms with van der Waals surface area (Å²) in [5.41, 5.74) is 2.19. The van der Waals surface area contributed by atoms with E-state index in [0.717, 1.165) is 18.4 Å². The Morgan fingerprint density at radius 2 is 2.17 bits per heavy atom. The molecule has 0 spiro atoms. The first-order valence-corrected chi connectivity index (χ1v) is 4.55. The third kappa shape index (κ3) is 1.58. The molecule has 0 aromatic heterocycles. The molecule has 0 saturated heterocycles. The lowest BCUT2D eigenvalue weighted by Gasteiger charge is -2.07. The van der Waals surface area contributed by atoms with E-state index in [1.807, 2.05) is 13.8 Å². The molecule has 1 aliphatic carbocycles. The van der Waals surface area contributed by atoms with Gasteiger partial charge in [-0.05, 0) is 25.8 Å². The predicted molar refractivity (Wildman–Crippen MR) is 48.0 cm³/mol. The van der Waals surface area contributed by atoms with Gasteiger partial charge in [0.1, 0.15) is 6.10 Å². The number of hydrogen-bond acceptors (Lipinski definition) is 2. The second-order valence-electron chi connectivity index (χ2n) is 3.09. The van der Waals surface area contributed by atoms with Crippen LogP contribution in [0.4, 0.5) is 0 Å². The van der Waals surface area contributed by atoms with Gasteiger partial charge in [0.25, 0.3) is 0 Å². The highest BCUT2D eigenvalue weighted by Gasteiger charge is 2.29. The van der Waals surface area contributed by atoms with Crippen LogP contribution >= 0.6 is 0 Å². The molecule has 0 aromatic rings. The van der Waals surface area contributed by atoms with Crippen molar-refractivity contribution < 1.29 is 9.53 Å². The van der Waals surface area contributed by atoms with Crippen LogP contribution < -0.4 is 0 Å². The Morgan fingerprint density at radius 1 is 1.50 bits per heavy atom. The van der Waals surface area contributed by atoms with E-state index in [1.165, 1.54) is 5.57 Å². The zero-order chi connectivity index (χ0) is 9.14. The number of Topliss-reactive ketones (excluding diaryl/α,β-unsaturated/α-hetero) is 1. The summed E-state index contributed by atoms with van der Waals surface area (Å²) < 4.78 is 5.33. The van der Waals surface area contributed by atoms with E-state index < -0.39 is 0 Å². The highest BCUT2D eigenvalue weighted by atomic mass is 16.5. The highest BCUT2D eigenvalue weighted by Crippen LogP contribution is 2.27. The van der Waals surface area contributed by atoms with Crippen molar-refractivity contribution in [2.75, 3.05) is 6.61 Å². The minimum absolute atomic E-state index is 0.176. The largest absolute Gasteiger partial charge is 0.370 e. The normalized spacial score (nSPS) is 23.9. The van der Waals surface area contributed by atoms with Crippen LogP contribution in [0.5, 0.6) is 0 Å². The third-order valence-electron chi connectivity index (χ3n) is 2.42. The lowest BCUT2D eigenvalue weighted by Crippen LogP contribution is -2.19. The lowest BCUT2D eigenvalue weighted by molar-refractivity contribution is -0.124. The summed E-state index contributed by atoms with van der Waals surface area (Å²) in [4.78, 5) is 11.5. The first kappa shape index (κ1) is 9.46. The molecule has 0 saturated carbocycles. The van der Waals surface area contributed by atoms with Crippen LogP contribution in [0.15, 0.2) is 11.1 Å². The molecule has 1 atom stereocenters. The second-order valence-corrected chi connectivity index (χ2v) is 3.09. The first-order chi connectivity index (χ1) is 5.70. The topological polar surface area (TPSA) is 26.3 Å². The Balaban J connectivity index is 2.66. The van der Waals surface area contributed by atoms with E-state index in [4.69, 9.17) is 4.74 Å². The van der Waals surface area contributed by atoms with Crippen LogP contribution in [0.3, 0.4) is 0 Å². The fraction of sp³-hybridized carbons (Fsp3) is 0.700. The standard InChI is InChI=1S/C10H16O2/c1-4-8-6-9(12-5-2)10(11)7(8)3/h9H,4-6H2,1-3H3. The van der Waals surface area contributed by atoms with Crippen LogP contribution in [0.1, 0.15) is 33.6 Å². The molecule has 1 unspecified atom stereocenters. The van der Waals surface area contributed by atoms with Crippen molar-refractivity contribution >= 4 is 5.78 Å². The van der Waals surface area contributed by atoms with Crippen molar-refractivity contribution in [3.63, 3.8) is 0 Å². The third-order valence-corrected chi connectivity index (χ3v) is 2.42. The zero-order valence-corrected chi connectivity index (χ0v) is 8.02. The maximum absolute atomic E-state index is 11.5. The quantitative estimate of drug-likeness (QED) is 0.645. The summed E-state index contributed by atoms with van der Waals surface area (Å²) in [6, 6.07) is 0. The van der Waals surface area contributed by atoms with Crippen molar-refractivity contribution in [1.29, 1.82) is 0 Å². The van der Waals surface area contributed by atoms with E-state index in [-0.39, 0.29) is 11.9 Å². The SMILES string of the molecule is CCOC1CC(CC)=C(C)C1=O. The summed E-state index contributed by atoms with van der Waals surface area (Å²) in [6.45, 7) is 6.54. The number of hydrogen-bond donors (Lipinski definition) is 0. The van der Waals surface area contributed by atoms with Gasteiger partial charge in [-0.15, -0.1) is 0 Å². The molecule has 68 valence electrons. The average Bonchev–Trinajstić information content (AvgIpc) is 2.33. The van der Waals surface area contributed by atoms with Crippen LogP contribution in [-0.4, -0.2) is 18.5 Å². The van der Waals surface area contributed by atoms with Gasteiger partial charge in [-0.1, -0.05) is 12.5 Å². The van der Waals surface area contributed by atoms with Gasteiger partial charge >= 0.3 is 0 Å². The zero-order valence-electron chi connectivity index (χ0n) is 8.02. The molecule has 12 heavy (non-hydrogen) atoms. The van der Waals surface area contributed by atoms with Crippen LogP contribution in [0, 0.1) is 0 Å². The van der Waals surface area contributed by atoms with Crippen LogP contribution in [0.2, 0.25) is 0 Å². The van der Waals surface area contributed by atoms with Gasteiger partial charge in [0, 0.05) is 13.0 Å². The smallest absolute Gasteiger partial charge is 0.187 e. The summed E-state index contributed by atoms with van der Waals surface area (Å²) in [6.07, 6.45) is 1.61. The average molecular weight is 168 g/mol. The Bertz CT molecular complexity index is 216. The van der Waals surface area contributed by atoms with E-state index in [0.29, 0.717) is 6.61 Å². The molecule has 0 fully saturated rings. The van der Waals surface area contributed by atoms with Gasteiger partial charge in [0.05, 0.1) is 0 Å². The second kappa shape index (κ2) is 3.85. The van der Waals surface area contributed by atoms with E-state index in [2.05, 4.69) is 6.92 Å². The molecule has 1 aliphatic rings. The van der Waals surface area contributed by atoms with Crippen molar-refractivity contribution in [2.45, 2.75) is 39.7 Å². The number of rotatable bonds is 3. The predicted octanol–water partition coefficient (Wildman–Crippen LogP) is 2.09. The maximum atomic E-state index is 11.5. The molecule has 1 rings (SSSR count). The van der Waals surface area contributed by atoms with Gasteiger partial charge in [-0.25, -0.2) is 0 Å². The van der Waals surface area contributed by atoms with Gasteiger partial charge in [-0.2, -0.15) is 0 Å². The fourth-order valence-electron chi connectivity index (χ4n) is 1.63. The first-order valence-electron chi connectivity index (χ1n) is 4.55. The van der Waals surface area contributed by atoms with Gasteiger partial charge in [0.15, 0.2) is 5.78 Å². The van der Waals surface area contributed by atoms with Gasteiger partial charge in [0.2, 0.25) is 0 Å². The van der Waals surface area contributed by atoms with E-state index in [9.17, 15) is 4.79 Å². The molecule has 0 amide bonds. The molecular weight excluding hydrogens is 152 g/mol. The molecule has 2 nitrogen and oxygen atoms in total. The fourth-order valence-corrected chi connectivity index (χ4v) is 1.63. The van der Waals surface area contributed by atoms with Gasteiger partial charge in [-0.3, -0.25) is 4.79 Å². The van der Waals surface area contributed by atoms with E-state index in [1.54, 1.807) is 0 Å². The molecule has 0 aromatic carbocycles. The minimum Gasteiger partial charge on any atom is -0.370 e. The van der Waals surface area contributed by atoms with Crippen molar-refractivity contribution in [3.05, 3.63) is 11.1 Å². The molecule has 0 heterocycles. The Hall–Kier alpha value is -0.630. The number of carbonyl (C=O) groups is 1. The van der Waals surface area contributed by atoms with Crippen molar-refractivity contribution in [2.24, 2.45) is 0 Å². The summed E-state index contributed by atoms with van der Waals surface area (Å²) in [5, 5.41) is 0. The number of ether oxygens (including phenoxy) is 1. The Labute approximate surface area is 73.6 Å². The Morgan fingerprint density at radius 3 is 2.58 bits per heavy atom. The summed E-state index contributed by atoms with van der Waals surface area (Å²) in [7, 11) is 0. The Kier molecular flexibility index (Phi) is 3.04. The van der Waals surface area contributed by atoms with Crippen LogP contribution in [0.25, 0.3) is 0 Å². The molecule has 0 N–H and O–H groups in total. The number of carbonyl (C=O) groups excluding carboxylic acids is 1. The molecule has 0 bridgehead atoms. The highest BCUT2D eigenvalue weighted by molar-refractivity contribution is 6.01. The van der Waals surface area contributed by atoms with Gasteiger partial charge < -0.3 is 4.74 Å². The lowest BCUT2D eigenvalue weighted by atomic mass is 10.1. The molecule has 0 aliphatic heterocycles. The summed E-state index contributed by atoms with van der Waals surface area (Å²) >= 11 is 0. The number of ketones is 1. The molecular formula is C10H16O2. The maximum Gasteiger partial charge on any atom is 0.187 e. The van der Waals surface area contributed by atoms with Crippen molar-refractivity contribution in [3.8, 4) is 0 Å².